The average molecular weight is 237 g/mol. The second-order valence-corrected chi connectivity index (χ2v) is 4.32. The highest BCUT2D eigenvalue weighted by Crippen LogP contribution is 2.19. The van der Waals surface area contributed by atoms with E-state index in [2.05, 4.69) is 5.32 Å². The van der Waals surface area contributed by atoms with Gasteiger partial charge in [0.25, 0.3) is 0 Å². The van der Waals surface area contributed by atoms with Crippen molar-refractivity contribution in [3.63, 3.8) is 0 Å². The van der Waals surface area contributed by atoms with Crippen molar-refractivity contribution >= 4 is 5.78 Å². The Hall–Kier alpha value is -1.42. The van der Waals surface area contributed by atoms with Gasteiger partial charge in [0, 0.05) is 25.4 Å². The third-order valence-corrected chi connectivity index (χ3v) is 3.01. The van der Waals surface area contributed by atoms with E-state index in [9.17, 15) is 9.18 Å². The van der Waals surface area contributed by atoms with Crippen LogP contribution < -0.4 is 10.1 Å². The van der Waals surface area contributed by atoms with Crippen LogP contribution >= 0.6 is 0 Å². The number of nitrogens with one attached hydrogen (secondary N) is 1. The molecule has 0 radical (unpaired) electrons. The minimum absolute atomic E-state index is 0.129. The highest BCUT2D eigenvalue weighted by molar-refractivity contribution is 5.80. The average Bonchev–Trinajstić information content (AvgIpc) is 2.29. The first-order chi connectivity index (χ1) is 8.19. The molecule has 1 aromatic carbocycles. The third-order valence-electron chi connectivity index (χ3n) is 3.01. The van der Waals surface area contributed by atoms with Gasteiger partial charge in [-0.15, -0.1) is 0 Å². The van der Waals surface area contributed by atoms with Crippen LogP contribution in [0.2, 0.25) is 0 Å². The van der Waals surface area contributed by atoms with Gasteiger partial charge in [0.2, 0.25) is 0 Å². The van der Waals surface area contributed by atoms with Gasteiger partial charge in [-0.2, -0.15) is 0 Å². The summed E-state index contributed by atoms with van der Waals surface area (Å²) in [4.78, 5) is 11.3. The van der Waals surface area contributed by atoms with Gasteiger partial charge in [0.05, 0.1) is 7.11 Å². The van der Waals surface area contributed by atoms with E-state index < -0.39 is 0 Å². The van der Waals surface area contributed by atoms with E-state index in [-0.39, 0.29) is 23.4 Å². The lowest BCUT2D eigenvalue weighted by Gasteiger charge is -2.22. The summed E-state index contributed by atoms with van der Waals surface area (Å²) in [6.07, 6.45) is 1.81. The van der Waals surface area contributed by atoms with Crippen molar-refractivity contribution < 1.29 is 13.9 Å². The Labute approximate surface area is 100.0 Å². The summed E-state index contributed by atoms with van der Waals surface area (Å²) in [5, 5.41) is 3.27. The van der Waals surface area contributed by atoms with E-state index in [0.29, 0.717) is 19.3 Å². The van der Waals surface area contributed by atoms with Crippen LogP contribution in [0, 0.1) is 5.82 Å². The van der Waals surface area contributed by atoms with Gasteiger partial charge < -0.3 is 10.1 Å². The highest BCUT2D eigenvalue weighted by Gasteiger charge is 2.19. The zero-order chi connectivity index (χ0) is 12.3. The lowest BCUT2D eigenvalue weighted by atomic mass is 9.97. The molecule has 0 amide bonds. The van der Waals surface area contributed by atoms with Gasteiger partial charge in [0.15, 0.2) is 11.6 Å². The summed E-state index contributed by atoms with van der Waals surface area (Å²) in [7, 11) is 1.44. The molecular formula is C13H16FNO2. The van der Waals surface area contributed by atoms with Crippen molar-refractivity contribution in [2.24, 2.45) is 0 Å². The van der Waals surface area contributed by atoms with Gasteiger partial charge in [-0.1, -0.05) is 6.07 Å². The topological polar surface area (TPSA) is 38.3 Å². The van der Waals surface area contributed by atoms with Crippen molar-refractivity contribution in [3.05, 3.63) is 29.6 Å². The fraction of sp³-hybridized carbons (Fsp3) is 0.462. The van der Waals surface area contributed by atoms with Crippen LogP contribution in [0.5, 0.6) is 5.75 Å². The lowest BCUT2D eigenvalue weighted by molar-refractivity contribution is -0.120. The number of ether oxygens (including phenoxy) is 1. The van der Waals surface area contributed by atoms with Gasteiger partial charge >= 0.3 is 0 Å². The molecule has 1 heterocycles. The van der Waals surface area contributed by atoms with Gasteiger partial charge in [-0.25, -0.2) is 4.39 Å². The number of ketones is 1. The molecule has 1 fully saturated rings. The molecule has 1 N–H and O–H groups in total. The molecule has 1 aromatic rings. The summed E-state index contributed by atoms with van der Waals surface area (Å²) < 4.78 is 18.3. The summed E-state index contributed by atoms with van der Waals surface area (Å²) in [6.45, 7) is 0.724. The predicted molar refractivity (Wildman–Crippen MR) is 62.7 cm³/mol. The molecule has 0 spiro atoms. The largest absolute Gasteiger partial charge is 0.494 e. The summed E-state index contributed by atoms with van der Waals surface area (Å²) >= 11 is 0. The molecule has 4 heteroatoms. The number of rotatable bonds is 3. The van der Waals surface area contributed by atoms with E-state index in [0.717, 1.165) is 12.1 Å². The predicted octanol–water partition coefficient (Wildman–Crippen LogP) is 1.70. The van der Waals surface area contributed by atoms with E-state index in [4.69, 9.17) is 4.74 Å². The summed E-state index contributed by atoms with van der Waals surface area (Å²) in [6, 6.07) is 5.06. The van der Waals surface area contributed by atoms with E-state index >= 15 is 0 Å². The number of Topliss-reactive ketones (excluding diaryl/α,β-unsaturated/α-hetero) is 1. The maximum Gasteiger partial charge on any atom is 0.165 e. The first-order valence-electron chi connectivity index (χ1n) is 5.76. The Bertz CT molecular complexity index is 420. The molecule has 1 aliphatic heterocycles. The number of benzene rings is 1. The smallest absolute Gasteiger partial charge is 0.165 e. The molecule has 2 rings (SSSR count). The zero-order valence-electron chi connectivity index (χ0n) is 9.83. The van der Waals surface area contributed by atoms with Crippen LogP contribution in [0.1, 0.15) is 18.4 Å². The molecule has 3 nitrogen and oxygen atoms in total. The summed E-state index contributed by atoms with van der Waals surface area (Å²) in [5.74, 6) is 0.177. The number of carbonyl (C=O) groups is 1. The molecule has 0 aromatic heterocycles. The van der Waals surface area contributed by atoms with Crippen molar-refractivity contribution in [2.75, 3.05) is 13.7 Å². The molecular weight excluding hydrogens is 221 g/mol. The first kappa shape index (κ1) is 12.0. The van der Waals surface area contributed by atoms with Crippen molar-refractivity contribution in [2.45, 2.75) is 25.3 Å². The maximum absolute atomic E-state index is 13.5. The Morgan fingerprint density at radius 1 is 1.53 bits per heavy atom. The standard InChI is InChI=1S/C13H16FNO2/c1-17-13-3-2-9(7-12(13)14)6-10-8-11(16)4-5-15-10/h2-3,7,10,15H,4-6,8H2,1H3. The second kappa shape index (κ2) is 5.27. The van der Waals surface area contributed by atoms with Crippen LogP contribution in [0.15, 0.2) is 18.2 Å². The van der Waals surface area contributed by atoms with Crippen LogP contribution in [0.25, 0.3) is 0 Å². The molecule has 1 aliphatic rings. The monoisotopic (exact) mass is 237 g/mol. The fourth-order valence-corrected chi connectivity index (χ4v) is 2.13. The number of methoxy groups -OCH3 is 1. The molecule has 17 heavy (non-hydrogen) atoms. The Morgan fingerprint density at radius 2 is 2.35 bits per heavy atom. The molecule has 0 saturated carbocycles. The molecule has 0 bridgehead atoms. The third kappa shape index (κ3) is 3.03. The first-order valence-corrected chi connectivity index (χ1v) is 5.76. The molecule has 92 valence electrons. The highest BCUT2D eigenvalue weighted by atomic mass is 19.1. The van der Waals surface area contributed by atoms with Crippen LogP contribution in [-0.2, 0) is 11.2 Å². The maximum atomic E-state index is 13.5. The number of carbonyl (C=O) groups excluding carboxylic acids is 1. The summed E-state index contributed by atoms with van der Waals surface area (Å²) in [5.41, 5.74) is 0.885. The van der Waals surface area contributed by atoms with Crippen molar-refractivity contribution in [1.29, 1.82) is 0 Å². The van der Waals surface area contributed by atoms with Crippen molar-refractivity contribution in [1.82, 2.24) is 5.32 Å². The lowest BCUT2D eigenvalue weighted by Crippen LogP contribution is -2.39. The second-order valence-electron chi connectivity index (χ2n) is 4.32. The van der Waals surface area contributed by atoms with E-state index in [1.165, 1.54) is 13.2 Å². The minimum Gasteiger partial charge on any atom is -0.494 e. The Kier molecular flexibility index (Phi) is 3.74. The Morgan fingerprint density at radius 3 is 3.00 bits per heavy atom. The quantitative estimate of drug-likeness (QED) is 0.869. The molecule has 1 atom stereocenters. The molecule has 0 aliphatic carbocycles. The number of hydrogen-bond acceptors (Lipinski definition) is 3. The number of hydrogen-bond donors (Lipinski definition) is 1. The fourth-order valence-electron chi connectivity index (χ4n) is 2.13. The number of piperidine rings is 1. The van der Waals surface area contributed by atoms with Crippen LogP contribution in [-0.4, -0.2) is 25.5 Å². The van der Waals surface area contributed by atoms with Crippen molar-refractivity contribution in [3.8, 4) is 5.75 Å². The van der Waals surface area contributed by atoms with Gasteiger partial charge in [-0.05, 0) is 24.1 Å². The number of halogens is 1. The van der Waals surface area contributed by atoms with E-state index in [1.807, 2.05) is 6.07 Å². The zero-order valence-corrected chi connectivity index (χ0v) is 9.83. The Balaban J connectivity index is 2.03. The van der Waals surface area contributed by atoms with E-state index in [1.54, 1.807) is 6.07 Å². The SMILES string of the molecule is COc1ccc(CC2CC(=O)CCN2)cc1F. The van der Waals surface area contributed by atoms with Crippen LogP contribution in [0.3, 0.4) is 0 Å². The normalized spacial score (nSPS) is 20.4. The van der Waals surface area contributed by atoms with Gasteiger partial charge in [-0.3, -0.25) is 4.79 Å². The van der Waals surface area contributed by atoms with Crippen LogP contribution in [0.4, 0.5) is 4.39 Å². The minimum atomic E-state index is -0.355. The molecule has 1 saturated heterocycles. The van der Waals surface area contributed by atoms with Gasteiger partial charge in [0.1, 0.15) is 5.78 Å². The molecule has 1 unspecified atom stereocenters.